The summed E-state index contributed by atoms with van der Waals surface area (Å²) in [6.45, 7) is 2.84. The molecule has 5 rings (SSSR count). The van der Waals surface area contributed by atoms with Gasteiger partial charge in [0.05, 0.1) is 17.1 Å². The number of ether oxygens (including phenoxy) is 1. The Hall–Kier alpha value is -3.94. The standard InChI is InChI=1S/C32H26BrClFN3O2/c1-21-8-10-23(11-9-21)31-27(20-38(36-31)18-22-6-4-3-5-7-22)32(39)37(2)19-24-12-13-25(33)16-30(24)40-26-14-15-29(35)28(34)17-26/h3-17,20H,18-19H2,1-2H3. The number of amides is 1. The van der Waals surface area contributed by atoms with Gasteiger partial charge in [-0.2, -0.15) is 5.10 Å². The summed E-state index contributed by atoms with van der Waals surface area (Å²) in [7, 11) is 1.75. The Morgan fingerprint density at radius 2 is 1.77 bits per heavy atom. The minimum absolute atomic E-state index is 0.0301. The van der Waals surface area contributed by atoms with Gasteiger partial charge in [-0.15, -0.1) is 0 Å². The summed E-state index contributed by atoms with van der Waals surface area (Å²) in [6.07, 6.45) is 1.81. The van der Waals surface area contributed by atoms with Crippen LogP contribution in [0.15, 0.2) is 102 Å². The first-order valence-corrected chi connectivity index (χ1v) is 13.8. The summed E-state index contributed by atoms with van der Waals surface area (Å²) >= 11 is 9.43. The van der Waals surface area contributed by atoms with E-state index in [1.54, 1.807) is 28.9 Å². The third-order valence-electron chi connectivity index (χ3n) is 6.41. The lowest BCUT2D eigenvalue weighted by atomic mass is 10.1. The molecule has 0 saturated heterocycles. The Morgan fingerprint density at radius 1 is 1.02 bits per heavy atom. The van der Waals surface area contributed by atoms with Crippen LogP contribution in [0.3, 0.4) is 0 Å². The summed E-state index contributed by atoms with van der Waals surface area (Å²) < 4.78 is 22.3. The zero-order valence-corrected chi connectivity index (χ0v) is 24.3. The van der Waals surface area contributed by atoms with Crippen molar-refractivity contribution in [2.75, 3.05) is 7.05 Å². The molecule has 0 bridgehead atoms. The van der Waals surface area contributed by atoms with Gasteiger partial charge in [0.25, 0.3) is 5.91 Å². The Balaban J connectivity index is 1.44. The minimum atomic E-state index is -0.522. The molecule has 8 heteroatoms. The van der Waals surface area contributed by atoms with Crippen molar-refractivity contribution in [2.45, 2.75) is 20.0 Å². The first-order valence-electron chi connectivity index (χ1n) is 12.6. The number of nitrogens with zero attached hydrogens (tertiary/aromatic N) is 3. The van der Waals surface area contributed by atoms with Gasteiger partial charge in [-0.1, -0.05) is 93.8 Å². The highest BCUT2D eigenvalue weighted by Gasteiger charge is 2.22. The normalized spacial score (nSPS) is 10.9. The highest BCUT2D eigenvalue weighted by atomic mass is 79.9. The van der Waals surface area contributed by atoms with Crippen LogP contribution in [0.1, 0.15) is 27.0 Å². The second-order valence-electron chi connectivity index (χ2n) is 9.53. The molecular weight excluding hydrogens is 593 g/mol. The lowest BCUT2D eigenvalue weighted by molar-refractivity contribution is 0.0785. The van der Waals surface area contributed by atoms with Crippen molar-refractivity contribution in [3.05, 3.63) is 135 Å². The summed E-state index contributed by atoms with van der Waals surface area (Å²) in [6, 6.07) is 27.7. The third kappa shape index (κ3) is 6.43. The smallest absolute Gasteiger partial charge is 0.257 e. The van der Waals surface area contributed by atoms with Gasteiger partial charge < -0.3 is 9.64 Å². The average Bonchev–Trinajstić information content (AvgIpc) is 3.36. The molecule has 1 amide bonds. The maximum atomic E-state index is 13.9. The van der Waals surface area contributed by atoms with Gasteiger partial charge in [-0.25, -0.2) is 4.39 Å². The van der Waals surface area contributed by atoms with E-state index in [0.717, 1.165) is 26.7 Å². The Bertz CT molecular complexity index is 1660. The van der Waals surface area contributed by atoms with E-state index in [-0.39, 0.29) is 17.5 Å². The molecule has 202 valence electrons. The monoisotopic (exact) mass is 617 g/mol. The fourth-order valence-corrected chi connectivity index (χ4v) is 4.82. The predicted molar refractivity (Wildman–Crippen MR) is 159 cm³/mol. The molecule has 0 aliphatic heterocycles. The van der Waals surface area contributed by atoms with E-state index in [0.29, 0.717) is 29.3 Å². The second kappa shape index (κ2) is 12.1. The van der Waals surface area contributed by atoms with Crippen molar-refractivity contribution in [1.29, 1.82) is 0 Å². The van der Waals surface area contributed by atoms with Crippen LogP contribution in [0.5, 0.6) is 11.5 Å². The van der Waals surface area contributed by atoms with Crippen molar-refractivity contribution in [2.24, 2.45) is 0 Å². The molecule has 0 unspecified atom stereocenters. The van der Waals surface area contributed by atoms with Crippen LogP contribution in [0.4, 0.5) is 4.39 Å². The molecule has 0 saturated carbocycles. The largest absolute Gasteiger partial charge is 0.457 e. The molecule has 0 N–H and O–H groups in total. The van der Waals surface area contributed by atoms with E-state index in [9.17, 15) is 9.18 Å². The number of hydrogen-bond donors (Lipinski definition) is 0. The quantitative estimate of drug-likeness (QED) is 0.175. The zero-order chi connectivity index (χ0) is 28.2. The Labute approximate surface area is 245 Å². The summed E-state index contributed by atoms with van der Waals surface area (Å²) in [5.41, 5.74) is 4.99. The van der Waals surface area contributed by atoms with Crippen molar-refractivity contribution < 1.29 is 13.9 Å². The molecule has 0 spiro atoms. The van der Waals surface area contributed by atoms with Crippen LogP contribution in [-0.2, 0) is 13.1 Å². The molecule has 0 fully saturated rings. The summed E-state index contributed by atoms with van der Waals surface area (Å²) in [4.78, 5) is 15.5. The fraction of sp³-hybridized carbons (Fsp3) is 0.125. The SMILES string of the molecule is Cc1ccc(-c2nn(Cc3ccccc3)cc2C(=O)N(C)Cc2ccc(Br)cc2Oc2ccc(F)c(Cl)c2)cc1. The molecule has 0 atom stereocenters. The van der Waals surface area contributed by atoms with Gasteiger partial charge >= 0.3 is 0 Å². The number of aromatic nitrogens is 2. The van der Waals surface area contributed by atoms with Gasteiger partial charge in [-0.3, -0.25) is 9.48 Å². The summed E-state index contributed by atoms with van der Waals surface area (Å²) in [5, 5.41) is 4.78. The molecule has 0 aliphatic carbocycles. The van der Waals surface area contributed by atoms with Crippen LogP contribution in [0.2, 0.25) is 5.02 Å². The highest BCUT2D eigenvalue weighted by Crippen LogP contribution is 2.32. The molecule has 0 radical (unpaired) electrons. The maximum Gasteiger partial charge on any atom is 0.257 e. The van der Waals surface area contributed by atoms with E-state index in [1.807, 2.05) is 73.7 Å². The molecule has 40 heavy (non-hydrogen) atoms. The number of carbonyl (C=O) groups excluding carboxylic acids is 1. The Morgan fingerprint density at radius 3 is 2.50 bits per heavy atom. The number of hydrogen-bond acceptors (Lipinski definition) is 3. The topological polar surface area (TPSA) is 47.4 Å². The third-order valence-corrected chi connectivity index (χ3v) is 7.19. The predicted octanol–water partition coefficient (Wildman–Crippen LogP) is 8.53. The first kappa shape index (κ1) is 27.6. The molecule has 4 aromatic carbocycles. The number of aryl methyl sites for hydroxylation is 1. The van der Waals surface area contributed by atoms with Crippen molar-refractivity contribution >= 4 is 33.4 Å². The molecule has 0 aliphatic rings. The van der Waals surface area contributed by atoms with Crippen molar-refractivity contribution in [1.82, 2.24) is 14.7 Å². The summed E-state index contributed by atoms with van der Waals surface area (Å²) in [5.74, 6) is 0.221. The minimum Gasteiger partial charge on any atom is -0.457 e. The molecule has 5 aromatic rings. The van der Waals surface area contributed by atoms with E-state index in [1.165, 1.54) is 18.2 Å². The van der Waals surface area contributed by atoms with Gasteiger partial charge in [0, 0.05) is 41.5 Å². The van der Waals surface area contributed by atoms with Crippen LogP contribution in [-0.4, -0.2) is 27.6 Å². The number of benzene rings is 4. The molecular formula is C32H26BrClFN3O2. The van der Waals surface area contributed by atoms with Crippen molar-refractivity contribution in [3.63, 3.8) is 0 Å². The molecule has 5 nitrogen and oxygen atoms in total. The molecule has 1 heterocycles. The first-order chi connectivity index (χ1) is 19.3. The average molecular weight is 619 g/mol. The van der Waals surface area contributed by atoms with Gasteiger partial charge in [-0.05, 0) is 36.8 Å². The lowest BCUT2D eigenvalue weighted by Gasteiger charge is -2.20. The van der Waals surface area contributed by atoms with Crippen LogP contribution in [0.25, 0.3) is 11.3 Å². The van der Waals surface area contributed by atoms with Crippen LogP contribution in [0, 0.1) is 12.7 Å². The number of halogens is 3. The van der Waals surface area contributed by atoms with Crippen LogP contribution >= 0.6 is 27.5 Å². The van der Waals surface area contributed by atoms with E-state index in [2.05, 4.69) is 15.9 Å². The van der Waals surface area contributed by atoms with E-state index in [4.69, 9.17) is 21.4 Å². The van der Waals surface area contributed by atoms with E-state index >= 15 is 0 Å². The number of rotatable bonds is 8. The highest BCUT2D eigenvalue weighted by molar-refractivity contribution is 9.10. The van der Waals surface area contributed by atoms with Gasteiger partial charge in [0.15, 0.2) is 0 Å². The number of carbonyl (C=O) groups is 1. The van der Waals surface area contributed by atoms with Crippen LogP contribution < -0.4 is 4.74 Å². The lowest BCUT2D eigenvalue weighted by Crippen LogP contribution is -2.26. The second-order valence-corrected chi connectivity index (χ2v) is 10.9. The fourth-order valence-electron chi connectivity index (χ4n) is 4.31. The maximum absolute atomic E-state index is 13.9. The molecule has 1 aromatic heterocycles. The van der Waals surface area contributed by atoms with Gasteiger partial charge in [0.2, 0.25) is 0 Å². The Kier molecular flexibility index (Phi) is 8.33. The van der Waals surface area contributed by atoms with E-state index < -0.39 is 5.82 Å². The van der Waals surface area contributed by atoms with Crippen molar-refractivity contribution in [3.8, 4) is 22.8 Å². The zero-order valence-electron chi connectivity index (χ0n) is 21.9. The van der Waals surface area contributed by atoms with Gasteiger partial charge in [0.1, 0.15) is 23.0 Å².